The van der Waals surface area contributed by atoms with Crippen molar-refractivity contribution in [2.45, 2.75) is 4.34 Å². The molecule has 0 radical (unpaired) electrons. The number of hydrogen-bond acceptors (Lipinski definition) is 6. The fraction of sp³-hybridized carbons (Fsp3) is 0. The van der Waals surface area contributed by atoms with Crippen LogP contribution in [0.4, 0.5) is 10.8 Å². The largest absolute Gasteiger partial charge is 0.374 e. The van der Waals surface area contributed by atoms with Crippen molar-refractivity contribution in [3.8, 4) is 0 Å². The number of hydrogen-bond donors (Lipinski definition) is 2. The average Bonchev–Trinajstić information content (AvgIpc) is 2.69. The van der Waals surface area contributed by atoms with Crippen molar-refractivity contribution in [2.75, 3.05) is 10.5 Å². The standard InChI is InChI=1S/C8H7ClN4O2S2/c9-5-3-1-2-4-6(5)13-17(14,15)8-12-11-7(10)16-8/h1-4,13H,(H2,10,11). The van der Waals surface area contributed by atoms with Crippen molar-refractivity contribution in [3.05, 3.63) is 29.3 Å². The Hall–Kier alpha value is -1.38. The lowest BCUT2D eigenvalue weighted by Crippen LogP contribution is -2.12. The molecule has 1 aromatic heterocycles. The van der Waals surface area contributed by atoms with E-state index in [4.69, 9.17) is 17.3 Å². The van der Waals surface area contributed by atoms with E-state index in [0.717, 1.165) is 11.3 Å². The average molecular weight is 291 g/mol. The molecule has 6 nitrogen and oxygen atoms in total. The third-order valence-corrected chi connectivity index (χ3v) is 4.59. The summed E-state index contributed by atoms with van der Waals surface area (Å²) in [7, 11) is -3.78. The Morgan fingerprint density at radius 2 is 2.00 bits per heavy atom. The second-order valence-corrected chi connectivity index (χ2v) is 6.26. The van der Waals surface area contributed by atoms with Crippen molar-refractivity contribution in [3.63, 3.8) is 0 Å². The molecule has 0 saturated heterocycles. The van der Waals surface area contributed by atoms with Gasteiger partial charge in [0.1, 0.15) is 0 Å². The molecular weight excluding hydrogens is 284 g/mol. The van der Waals surface area contributed by atoms with E-state index in [-0.39, 0.29) is 15.2 Å². The summed E-state index contributed by atoms with van der Waals surface area (Å²) in [6.07, 6.45) is 0. The highest BCUT2D eigenvalue weighted by Gasteiger charge is 2.20. The number of rotatable bonds is 3. The van der Waals surface area contributed by atoms with Gasteiger partial charge in [-0.25, -0.2) is 0 Å². The van der Waals surface area contributed by atoms with E-state index in [1.807, 2.05) is 0 Å². The molecule has 90 valence electrons. The summed E-state index contributed by atoms with van der Waals surface area (Å²) in [5.41, 5.74) is 5.61. The molecule has 0 aliphatic heterocycles. The van der Waals surface area contributed by atoms with Crippen molar-refractivity contribution in [1.82, 2.24) is 10.2 Å². The summed E-state index contributed by atoms with van der Waals surface area (Å²) in [6.45, 7) is 0. The quantitative estimate of drug-likeness (QED) is 0.894. The molecule has 1 aromatic carbocycles. The SMILES string of the molecule is Nc1nnc(S(=O)(=O)Nc2ccccc2Cl)s1. The van der Waals surface area contributed by atoms with Gasteiger partial charge >= 0.3 is 0 Å². The van der Waals surface area contributed by atoms with Crippen LogP contribution >= 0.6 is 22.9 Å². The molecule has 1 heterocycles. The normalized spacial score (nSPS) is 11.4. The molecule has 0 unspecified atom stereocenters. The maximum absolute atomic E-state index is 11.8. The number of aromatic nitrogens is 2. The second-order valence-electron chi connectivity index (χ2n) is 2.99. The zero-order valence-corrected chi connectivity index (χ0v) is 10.7. The summed E-state index contributed by atoms with van der Waals surface area (Å²) in [5.74, 6) is 0. The summed E-state index contributed by atoms with van der Waals surface area (Å²) >= 11 is 6.62. The van der Waals surface area contributed by atoms with Gasteiger partial charge in [-0.2, -0.15) is 8.42 Å². The van der Waals surface area contributed by atoms with Gasteiger partial charge in [0.05, 0.1) is 10.7 Å². The Balaban J connectivity index is 2.33. The molecule has 9 heteroatoms. The number of para-hydroxylation sites is 1. The monoisotopic (exact) mass is 290 g/mol. The number of benzene rings is 1. The number of anilines is 2. The molecule has 0 spiro atoms. The first-order valence-corrected chi connectivity index (χ1v) is 7.03. The van der Waals surface area contributed by atoms with Crippen LogP contribution in [0.15, 0.2) is 28.6 Å². The molecule has 2 rings (SSSR count). The Bertz CT molecular complexity index is 640. The minimum atomic E-state index is -3.78. The van der Waals surface area contributed by atoms with Gasteiger partial charge in [0, 0.05) is 0 Å². The lowest BCUT2D eigenvalue weighted by atomic mass is 10.3. The molecule has 0 aliphatic carbocycles. The van der Waals surface area contributed by atoms with Crippen LogP contribution in [0.5, 0.6) is 0 Å². The molecular formula is C8H7ClN4O2S2. The van der Waals surface area contributed by atoms with E-state index in [9.17, 15) is 8.42 Å². The van der Waals surface area contributed by atoms with Gasteiger partial charge in [0.25, 0.3) is 14.4 Å². The topological polar surface area (TPSA) is 98.0 Å². The minimum Gasteiger partial charge on any atom is -0.374 e. The van der Waals surface area contributed by atoms with Crippen molar-refractivity contribution < 1.29 is 8.42 Å². The Kier molecular flexibility index (Phi) is 3.18. The van der Waals surface area contributed by atoms with Crippen LogP contribution in [0.1, 0.15) is 0 Å². The highest BCUT2D eigenvalue weighted by molar-refractivity contribution is 7.94. The number of halogens is 1. The van der Waals surface area contributed by atoms with Crippen molar-refractivity contribution >= 4 is 43.8 Å². The highest BCUT2D eigenvalue weighted by atomic mass is 35.5. The van der Waals surface area contributed by atoms with E-state index >= 15 is 0 Å². The first-order valence-electron chi connectivity index (χ1n) is 4.35. The van der Waals surface area contributed by atoms with E-state index in [0.29, 0.717) is 5.02 Å². The van der Waals surface area contributed by atoms with Crippen molar-refractivity contribution in [1.29, 1.82) is 0 Å². The molecule has 3 N–H and O–H groups in total. The summed E-state index contributed by atoms with van der Waals surface area (Å²) in [6, 6.07) is 6.49. The van der Waals surface area contributed by atoms with E-state index in [1.54, 1.807) is 24.3 Å². The smallest absolute Gasteiger partial charge is 0.291 e. The first-order chi connectivity index (χ1) is 7.99. The van der Waals surface area contributed by atoms with Crippen LogP contribution in [0.3, 0.4) is 0 Å². The fourth-order valence-electron chi connectivity index (χ4n) is 1.06. The lowest BCUT2D eigenvalue weighted by Gasteiger charge is -2.06. The zero-order chi connectivity index (χ0) is 12.5. The van der Waals surface area contributed by atoms with Gasteiger partial charge in [0.15, 0.2) is 0 Å². The van der Waals surface area contributed by atoms with E-state index in [2.05, 4.69) is 14.9 Å². The Labute approximate surface area is 106 Å². The predicted octanol–water partition coefficient (Wildman–Crippen LogP) is 1.57. The summed E-state index contributed by atoms with van der Waals surface area (Å²) in [4.78, 5) is 0. The van der Waals surface area contributed by atoms with Crippen molar-refractivity contribution in [2.24, 2.45) is 0 Å². The van der Waals surface area contributed by atoms with Gasteiger partial charge < -0.3 is 5.73 Å². The molecule has 17 heavy (non-hydrogen) atoms. The molecule has 2 aromatic rings. The molecule has 0 fully saturated rings. The first kappa shape index (κ1) is 12.1. The Morgan fingerprint density at radius 1 is 1.29 bits per heavy atom. The molecule has 0 aliphatic rings. The number of nitrogens with two attached hydrogens (primary N) is 1. The third-order valence-electron chi connectivity index (χ3n) is 1.77. The van der Waals surface area contributed by atoms with Gasteiger partial charge in [-0.3, -0.25) is 4.72 Å². The van der Waals surface area contributed by atoms with Crippen LogP contribution in [-0.4, -0.2) is 18.6 Å². The number of sulfonamides is 1. The predicted molar refractivity (Wildman–Crippen MR) is 66.6 cm³/mol. The fourth-order valence-corrected chi connectivity index (χ4v) is 3.17. The highest BCUT2D eigenvalue weighted by Crippen LogP contribution is 2.25. The number of nitrogens with zero attached hydrogens (tertiary/aromatic N) is 2. The zero-order valence-electron chi connectivity index (χ0n) is 8.29. The van der Waals surface area contributed by atoms with Crippen LogP contribution in [0, 0.1) is 0 Å². The minimum absolute atomic E-state index is 0.0875. The number of nitrogen functional groups attached to an aromatic ring is 1. The number of nitrogens with one attached hydrogen (secondary N) is 1. The molecule has 0 atom stereocenters. The second kappa shape index (κ2) is 4.47. The van der Waals surface area contributed by atoms with Gasteiger partial charge in [0.2, 0.25) is 5.13 Å². The molecule has 0 saturated carbocycles. The van der Waals surface area contributed by atoms with Crippen LogP contribution in [0.2, 0.25) is 5.02 Å². The lowest BCUT2D eigenvalue weighted by molar-refractivity contribution is 0.599. The van der Waals surface area contributed by atoms with Crippen LogP contribution in [-0.2, 0) is 10.0 Å². The van der Waals surface area contributed by atoms with E-state index < -0.39 is 10.0 Å². The van der Waals surface area contributed by atoms with Crippen LogP contribution < -0.4 is 10.5 Å². The maximum Gasteiger partial charge on any atom is 0.291 e. The molecule has 0 amide bonds. The Morgan fingerprint density at radius 3 is 2.59 bits per heavy atom. The van der Waals surface area contributed by atoms with Crippen LogP contribution in [0.25, 0.3) is 0 Å². The summed E-state index contributed by atoms with van der Waals surface area (Å²) in [5, 5.41) is 7.29. The summed E-state index contributed by atoms with van der Waals surface area (Å²) < 4.78 is 25.8. The van der Waals surface area contributed by atoms with Gasteiger partial charge in [-0.15, -0.1) is 10.2 Å². The third kappa shape index (κ3) is 2.65. The maximum atomic E-state index is 11.8. The van der Waals surface area contributed by atoms with E-state index in [1.165, 1.54) is 0 Å². The van der Waals surface area contributed by atoms with Gasteiger partial charge in [-0.1, -0.05) is 35.1 Å². The molecule has 0 bridgehead atoms. The van der Waals surface area contributed by atoms with Gasteiger partial charge in [-0.05, 0) is 12.1 Å².